The van der Waals surface area contributed by atoms with Crippen LogP contribution in [0.5, 0.6) is 0 Å². The number of aliphatic hydroxyl groups is 1. The molecule has 1 aliphatic rings. The lowest BCUT2D eigenvalue weighted by Crippen LogP contribution is -2.49. The Hall–Kier alpha value is -2.93. The molecule has 0 radical (unpaired) electrons. The number of hydrogen-bond donors (Lipinski definition) is 2. The van der Waals surface area contributed by atoms with E-state index in [0.717, 1.165) is 22.4 Å². The number of hydrogen-bond acceptors (Lipinski definition) is 5. The molecule has 5 nitrogen and oxygen atoms in total. The lowest BCUT2D eigenvalue weighted by molar-refractivity contribution is 0.0215. The highest BCUT2D eigenvalue weighted by Crippen LogP contribution is 2.42. The number of ether oxygens (including phenoxy) is 2. The molecule has 1 heterocycles. The Morgan fingerprint density at radius 3 is 2.23 bits per heavy atom. The number of rotatable bonds is 11. The predicted octanol–water partition coefficient (Wildman–Crippen LogP) is 4.96. The van der Waals surface area contributed by atoms with Gasteiger partial charge >= 0.3 is 0 Å². The van der Waals surface area contributed by atoms with E-state index in [1.165, 1.54) is 6.07 Å². The number of fused-ring (bicyclic) bond motifs is 1. The van der Waals surface area contributed by atoms with Crippen molar-refractivity contribution in [3.63, 3.8) is 0 Å². The normalized spacial score (nSPS) is 16.3. The van der Waals surface area contributed by atoms with Crippen LogP contribution >= 0.6 is 0 Å². The molecule has 0 spiro atoms. The monoisotopic (exact) mass is 478 g/mol. The van der Waals surface area contributed by atoms with Crippen molar-refractivity contribution in [1.82, 2.24) is 0 Å². The van der Waals surface area contributed by atoms with Gasteiger partial charge in [-0.2, -0.15) is 0 Å². The van der Waals surface area contributed by atoms with Crippen LogP contribution in [0.15, 0.2) is 72.8 Å². The topological polar surface area (TPSA) is 68.0 Å². The van der Waals surface area contributed by atoms with Gasteiger partial charge in [-0.3, -0.25) is 0 Å². The van der Waals surface area contributed by atoms with Crippen LogP contribution in [0.25, 0.3) is 0 Å². The highest BCUT2D eigenvalue weighted by atomic mass is 19.1. The second-order valence-electron chi connectivity index (χ2n) is 10.00. The van der Waals surface area contributed by atoms with Crippen LogP contribution in [0, 0.1) is 11.2 Å². The Balaban J connectivity index is 1.43. The first-order chi connectivity index (χ1) is 16.8. The van der Waals surface area contributed by atoms with Crippen LogP contribution in [0.1, 0.15) is 30.5 Å². The third-order valence-corrected chi connectivity index (χ3v) is 6.61. The molecule has 0 aromatic heterocycles. The molecular formula is C29H35FN2O3. The van der Waals surface area contributed by atoms with Crippen molar-refractivity contribution in [3.05, 3.63) is 95.3 Å². The highest BCUT2D eigenvalue weighted by molar-refractivity contribution is 5.65. The number of nitrogens with two attached hydrogens (primary N) is 1. The van der Waals surface area contributed by atoms with Gasteiger partial charge in [-0.1, -0.05) is 74.5 Å². The van der Waals surface area contributed by atoms with E-state index < -0.39 is 11.9 Å². The lowest BCUT2D eigenvalue weighted by atomic mass is 9.83. The van der Waals surface area contributed by atoms with E-state index in [1.807, 2.05) is 60.7 Å². The Kier molecular flexibility index (Phi) is 8.06. The summed E-state index contributed by atoms with van der Waals surface area (Å²) < 4.78 is 26.3. The standard InChI is InChI=1S/C29H35FN2O3/c1-29(2,20-35-18-22-11-7-4-8-12-22)28-14-23-13-26(31)25(30)15-27(23)32(28)16-24(33)19-34-17-21-9-5-3-6-10-21/h3-13,15,24,28,33H,14,16-20,31H2,1-2H3. The maximum atomic E-state index is 14.4. The zero-order valence-electron chi connectivity index (χ0n) is 20.5. The maximum Gasteiger partial charge on any atom is 0.148 e. The van der Waals surface area contributed by atoms with E-state index in [-0.39, 0.29) is 23.8 Å². The second-order valence-corrected chi connectivity index (χ2v) is 10.00. The van der Waals surface area contributed by atoms with Gasteiger partial charge in [-0.25, -0.2) is 4.39 Å². The molecule has 6 heteroatoms. The summed E-state index contributed by atoms with van der Waals surface area (Å²) in [4.78, 5) is 2.10. The third kappa shape index (κ3) is 6.40. The molecule has 186 valence electrons. The van der Waals surface area contributed by atoms with Gasteiger partial charge in [-0.15, -0.1) is 0 Å². The average Bonchev–Trinajstić information content (AvgIpc) is 3.18. The molecule has 3 aromatic rings. The van der Waals surface area contributed by atoms with Crippen molar-refractivity contribution in [2.75, 3.05) is 30.4 Å². The summed E-state index contributed by atoms with van der Waals surface area (Å²) in [5.74, 6) is -0.442. The molecule has 35 heavy (non-hydrogen) atoms. The molecule has 2 atom stereocenters. The minimum absolute atomic E-state index is 0.0123. The summed E-state index contributed by atoms with van der Waals surface area (Å²) in [6.07, 6.45) is -0.0205. The summed E-state index contributed by atoms with van der Waals surface area (Å²) in [5, 5.41) is 10.8. The minimum atomic E-state index is -0.728. The van der Waals surface area contributed by atoms with Crippen molar-refractivity contribution in [1.29, 1.82) is 0 Å². The number of nitrogens with zero attached hydrogens (tertiary/aromatic N) is 1. The Bertz CT molecular complexity index is 1090. The molecule has 4 rings (SSSR count). The molecule has 0 bridgehead atoms. The van der Waals surface area contributed by atoms with E-state index in [2.05, 4.69) is 18.7 Å². The van der Waals surface area contributed by atoms with Gasteiger partial charge in [0.15, 0.2) is 0 Å². The zero-order valence-corrected chi connectivity index (χ0v) is 20.5. The fourth-order valence-electron chi connectivity index (χ4n) is 4.74. The van der Waals surface area contributed by atoms with Crippen molar-refractivity contribution >= 4 is 11.4 Å². The smallest absolute Gasteiger partial charge is 0.148 e. The van der Waals surface area contributed by atoms with Gasteiger partial charge in [0.2, 0.25) is 0 Å². The first kappa shape index (κ1) is 25.2. The molecule has 3 N–H and O–H groups in total. The number of aliphatic hydroxyl groups excluding tert-OH is 1. The Morgan fingerprint density at radius 2 is 1.60 bits per heavy atom. The molecule has 0 aliphatic carbocycles. The van der Waals surface area contributed by atoms with E-state index in [9.17, 15) is 9.50 Å². The summed E-state index contributed by atoms with van der Waals surface area (Å²) in [6.45, 7) is 6.31. The van der Waals surface area contributed by atoms with Gasteiger partial charge in [-0.05, 0) is 35.2 Å². The van der Waals surface area contributed by atoms with E-state index >= 15 is 0 Å². The molecule has 2 unspecified atom stereocenters. The molecule has 0 saturated heterocycles. The van der Waals surface area contributed by atoms with Gasteiger partial charge in [0, 0.05) is 23.7 Å². The van der Waals surface area contributed by atoms with Crippen molar-refractivity contribution < 1.29 is 19.0 Å². The molecule has 0 fully saturated rings. The number of β-amino-alcohol motifs (C(OH)–C–C–N with tert-alkyl or cyclic N) is 1. The SMILES string of the molecule is CC(C)(COCc1ccccc1)C1Cc2cc(N)c(F)cc2N1CC(O)COCc1ccccc1. The maximum absolute atomic E-state index is 14.4. The molecular weight excluding hydrogens is 443 g/mol. The zero-order chi connectivity index (χ0) is 24.8. The van der Waals surface area contributed by atoms with Gasteiger partial charge in [0.1, 0.15) is 5.82 Å². The quantitative estimate of drug-likeness (QED) is 0.381. The number of anilines is 2. The van der Waals surface area contributed by atoms with Crippen LogP contribution in [0.4, 0.5) is 15.8 Å². The third-order valence-electron chi connectivity index (χ3n) is 6.61. The van der Waals surface area contributed by atoms with Crippen LogP contribution in [0.3, 0.4) is 0 Å². The van der Waals surface area contributed by atoms with E-state index in [1.54, 1.807) is 6.07 Å². The minimum Gasteiger partial charge on any atom is -0.396 e. The van der Waals surface area contributed by atoms with Crippen molar-refractivity contribution in [2.24, 2.45) is 5.41 Å². The highest BCUT2D eigenvalue weighted by Gasteiger charge is 2.41. The number of benzene rings is 3. The molecule has 0 amide bonds. The summed E-state index contributed by atoms with van der Waals surface area (Å²) in [5.41, 5.74) is 9.70. The van der Waals surface area contributed by atoms with Gasteiger partial charge < -0.3 is 25.2 Å². The summed E-state index contributed by atoms with van der Waals surface area (Å²) in [7, 11) is 0. The largest absolute Gasteiger partial charge is 0.396 e. The van der Waals surface area contributed by atoms with Gasteiger partial charge in [0.05, 0.1) is 38.2 Å². The predicted molar refractivity (Wildman–Crippen MR) is 138 cm³/mol. The second kappa shape index (κ2) is 11.2. The average molecular weight is 479 g/mol. The molecule has 0 saturated carbocycles. The fourth-order valence-corrected chi connectivity index (χ4v) is 4.74. The number of nitrogen functional groups attached to an aromatic ring is 1. The summed E-state index contributed by atoms with van der Waals surface area (Å²) in [6, 6.07) is 23.2. The van der Waals surface area contributed by atoms with Crippen LogP contribution in [0.2, 0.25) is 0 Å². The van der Waals surface area contributed by atoms with Crippen LogP contribution in [-0.2, 0) is 29.1 Å². The van der Waals surface area contributed by atoms with Crippen LogP contribution in [-0.4, -0.2) is 37.0 Å². The van der Waals surface area contributed by atoms with E-state index in [0.29, 0.717) is 32.8 Å². The van der Waals surface area contributed by atoms with Crippen molar-refractivity contribution in [2.45, 2.75) is 45.6 Å². The van der Waals surface area contributed by atoms with Gasteiger partial charge in [0.25, 0.3) is 0 Å². The Morgan fingerprint density at radius 1 is 1.00 bits per heavy atom. The molecule has 1 aliphatic heterocycles. The van der Waals surface area contributed by atoms with E-state index in [4.69, 9.17) is 15.2 Å². The number of halogens is 1. The fraction of sp³-hybridized carbons (Fsp3) is 0.379. The van der Waals surface area contributed by atoms with Crippen molar-refractivity contribution in [3.8, 4) is 0 Å². The Labute approximate surface area is 207 Å². The van der Waals surface area contributed by atoms with Crippen LogP contribution < -0.4 is 10.6 Å². The first-order valence-corrected chi connectivity index (χ1v) is 12.1. The first-order valence-electron chi connectivity index (χ1n) is 12.1. The lowest BCUT2D eigenvalue weighted by Gasteiger charge is -2.40. The molecule has 3 aromatic carbocycles. The summed E-state index contributed by atoms with van der Waals surface area (Å²) >= 11 is 0.